The molecule has 0 aliphatic rings. The first-order chi connectivity index (χ1) is 9.06. The fourth-order valence-electron chi connectivity index (χ4n) is 1.54. The van der Waals surface area contributed by atoms with Gasteiger partial charge in [-0.1, -0.05) is 0 Å². The molecule has 0 fully saturated rings. The van der Waals surface area contributed by atoms with Gasteiger partial charge in [0.1, 0.15) is 17.3 Å². The van der Waals surface area contributed by atoms with Crippen molar-refractivity contribution in [3.63, 3.8) is 0 Å². The summed E-state index contributed by atoms with van der Waals surface area (Å²) in [5, 5.41) is 21.0. The van der Waals surface area contributed by atoms with E-state index in [9.17, 15) is 19.4 Å². The van der Waals surface area contributed by atoms with E-state index in [0.717, 1.165) is 6.07 Å². The number of phenols is 2. The van der Waals surface area contributed by atoms with Gasteiger partial charge in [0.25, 0.3) is 5.91 Å². The minimum atomic E-state index is -0.545. The molecule has 1 aromatic carbocycles. The molecule has 0 radical (unpaired) electrons. The minimum Gasteiger partial charge on any atom is -0.508 e. The number of halogens is 1. The minimum absolute atomic E-state index is 0.0776. The monoisotopic (exact) mass is 262 g/mol. The summed E-state index contributed by atoms with van der Waals surface area (Å²) in [6.45, 7) is -0.0814. The topological polar surface area (TPSA) is 82.5 Å². The number of amides is 1. The van der Waals surface area contributed by atoms with Crippen LogP contribution in [0, 0.1) is 5.82 Å². The van der Waals surface area contributed by atoms with Gasteiger partial charge in [-0.2, -0.15) is 0 Å². The van der Waals surface area contributed by atoms with E-state index in [-0.39, 0.29) is 29.3 Å². The van der Waals surface area contributed by atoms with Gasteiger partial charge in [-0.25, -0.2) is 4.39 Å². The molecular formula is C13H11FN2O3. The van der Waals surface area contributed by atoms with Crippen molar-refractivity contribution < 1.29 is 19.4 Å². The number of hydrogen-bond acceptors (Lipinski definition) is 4. The average Bonchev–Trinajstić information content (AvgIpc) is 2.36. The fraction of sp³-hybridized carbons (Fsp3) is 0.0769. The maximum absolute atomic E-state index is 13.3. The number of aromatic hydroxyl groups is 2. The second-order valence-electron chi connectivity index (χ2n) is 3.85. The molecule has 5 nitrogen and oxygen atoms in total. The smallest absolute Gasteiger partial charge is 0.251 e. The Morgan fingerprint density at radius 3 is 2.58 bits per heavy atom. The summed E-state index contributed by atoms with van der Waals surface area (Å²) < 4.78 is 13.3. The number of nitrogens with one attached hydrogen (secondary N) is 1. The number of rotatable bonds is 3. The van der Waals surface area contributed by atoms with Gasteiger partial charge in [0.05, 0.1) is 12.2 Å². The molecule has 0 spiro atoms. The summed E-state index contributed by atoms with van der Waals surface area (Å²) in [5.74, 6) is -1.51. The summed E-state index contributed by atoms with van der Waals surface area (Å²) in [6.07, 6.45) is 1.42. The molecule has 1 heterocycles. The zero-order valence-electron chi connectivity index (χ0n) is 9.80. The zero-order chi connectivity index (χ0) is 13.8. The van der Waals surface area contributed by atoms with Crippen molar-refractivity contribution in [3.05, 3.63) is 53.6 Å². The van der Waals surface area contributed by atoms with E-state index in [1.54, 1.807) is 0 Å². The number of phenolic OH excluding ortho intramolecular Hbond substituents is 2. The van der Waals surface area contributed by atoms with E-state index in [1.807, 2.05) is 0 Å². The molecule has 0 aliphatic heterocycles. The lowest BCUT2D eigenvalue weighted by atomic mass is 10.2. The molecule has 1 amide bonds. The summed E-state index contributed by atoms with van der Waals surface area (Å²) >= 11 is 0. The maximum atomic E-state index is 13.3. The van der Waals surface area contributed by atoms with E-state index in [2.05, 4.69) is 10.3 Å². The second kappa shape index (κ2) is 5.34. The van der Waals surface area contributed by atoms with Crippen molar-refractivity contribution in [2.24, 2.45) is 0 Å². The quantitative estimate of drug-likeness (QED) is 0.784. The highest BCUT2D eigenvalue weighted by atomic mass is 19.1. The number of carbonyl (C=O) groups is 1. The van der Waals surface area contributed by atoms with E-state index < -0.39 is 11.7 Å². The van der Waals surface area contributed by atoms with Crippen molar-refractivity contribution in [2.75, 3.05) is 0 Å². The first-order valence-electron chi connectivity index (χ1n) is 5.47. The van der Waals surface area contributed by atoms with Crippen LogP contribution in [-0.4, -0.2) is 21.1 Å². The molecule has 19 heavy (non-hydrogen) atoms. The van der Waals surface area contributed by atoms with Gasteiger partial charge in [0, 0.05) is 17.8 Å². The molecule has 6 heteroatoms. The fourth-order valence-corrected chi connectivity index (χ4v) is 1.54. The van der Waals surface area contributed by atoms with Crippen LogP contribution in [0.25, 0.3) is 0 Å². The van der Waals surface area contributed by atoms with Crippen LogP contribution in [0.2, 0.25) is 0 Å². The van der Waals surface area contributed by atoms with Gasteiger partial charge in [0.2, 0.25) is 0 Å². The first kappa shape index (κ1) is 12.8. The molecule has 3 N–H and O–H groups in total. The Kier molecular flexibility index (Phi) is 3.61. The van der Waals surface area contributed by atoms with Crippen LogP contribution in [0.1, 0.15) is 16.1 Å². The first-order valence-corrected chi connectivity index (χ1v) is 5.47. The van der Waals surface area contributed by atoms with E-state index in [1.165, 1.54) is 30.5 Å². The second-order valence-corrected chi connectivity index (χ2v) is 3.85. The lowest BCUT2D eigenvalue weighted by Crippen LogP contribution is -2.23. The van der Waals surface area contributed by atoms with Crippen LogP contribution in [0.5, 0.6) is 11.5 Å². The van der Waals surface area contributed by atoms with Gasteiger partial charge in [-0.3, -0.25) is 9.78 Å². The average molecular weight is 262 g/mol. The van der Waals surface area contributed by atoms with Crippen LogP contribution in [0.15, 0.2) is 36.5 Å². The van der Waals surface area contributed by atoms with Crippen molar-refractivity contribution in [1.29, 1.82) is 0 Å². The summed E-state index contributed by atoms with van der Waals surface area (Å²) in [4.78, 5) is 15.5. The normalized spacial score (nSPS) is 10.2. The molecule has 98 valence electrons. The standard InChI is InChI=1S/C13H11FN2O3/c14-11-2-1-3-15-12(11)7-16-13(19)8-4-9(17)6-10(18)5-8/h1-6,17-18H,7H2,(H,16,19). The SMILES string of the molecule is O=C(NCc1ncccc1F)c1cc(O)cc(O)c1. The Balaban J connectivity index is 2.08. The highest BCUT2D eigenvalue weighted by Crippen LogP contribution is 2.20. The van der Waals surface area contributed by atoms with Crippen LogP contribution < -0.4 is 5.32 Å². The number of nitrogens with zero attached hydrogens (tertiary/aromatic N) is 1. The maximum Gasteiger partial charge on any atom is 0.251 e. The Hall–Kier alpha value is -2.63. The molecule has 1 aromatic heterocycles. The van der Waals surface area contributed by atoms with Crippen molar-refractivity contribution in [3.8, 4) is 11.5 Å². The molecule has 0 saturated heterocycles. The molecule has 2 rings (SSSR count). The third-order valence-electron chi connectivity index (χ3n) is 2.42. The molecule has 0 saturated carbocycles. The molecular weight excluding hydrogens is 251 g/mol. The van der Waals surface area contributed by atoms with Crippen molar-refractivity contribution in [2.45, 2.75) is 6.54 Å². The van der Waals surface area contributed by atoms with E-state index in [4.69, 9.17) is 0 Å². The lowest BCUT2D eigenvalue weighted by Gasteiger charge is -2.06. The highest BCUT2D eigenvalue weighted by molar-refractivity contribution is 5.94. The summed E-state index contributed by atoms with van der Waals surface area (Å²) in [7, 11) is 0. The predicted molar refractivity (Wildman–Crippen MR) is 65.1 cm³/mol. The molecule has 0 bridgehead atoms. The predicted octanol–water partition coefficient (Wildman–Crippen LogP) is 1.56. The Labute approximate surface area is 108 Å². The third-order valence-corrected chi connectivity index (χ3v) is 2.42. The van der Waals surface area contributed by atoms with Crippen molar-refractivity contribution >= 4 is 5.91 Å². The number of pyridine rings is 1. The number of hydrogen-bond donors (Lipinski definition) is 3. The van der Waals surface area contributed by atoms with Gasteiger partial charge < -0.3 is 15.5 Å². The Morgan fingerprint density at radius 2 is 1.95 bits per heavy atom. The molecule has 0 aliphatic carbocycles. The third kappa shape index (κ3) is 3.19. The number of benzene rings is 1. The lowest BCUT2D eigenvalue weighted by molar-refractivity contribution is 0.0949. The highest BCUT2D eigenvalue weighted by Gasteiger charge is 2.10. The van der Waals surface area contributed by atoms with Crippen LogP contribution in [-0.2, 0) is 6.54 Å². The number of aromatic nitrogens is 1. The van der Waals surface area contributed by atoms with Gasteiger partial charge >= 0.3 is 0 Å². The van der Waals surface area contributed by atoms with E-state index in [0.29, 0.717) is 0 Å². The van der Waals surface area contributed by atoms with Gasteiger partial charge in [-0.05, 0) is 24.3 Å². The van der Waals surface area contributed by atoms with Crippen LogP contribution in [0.4, 0.5) is 4.39 Å². The number of carbonyl (C=O) groups excluding carboxylic acids is 1. The van der Waals surface area contributed by atoms with Crippen LogP contribution in [0.3, 0.4) is 0 Å². The molecule has 0 unspecified atom stereocenters. The van der Waals surface area contributed by atoms with Crippen molar-refractivity contribution in [1.82, 2.24) is 10.3 Å². The van der Waals surface area contributed by atoms with Gasteiger partial charge in [0.15, 0.2) is 0 Å². The van der Waals surface area contributed by atoms with Crippen LogP contribution >= 0.6 is 0 Å². The van der Waals surface area contributed by atoms with E-state index >= 15 is 0 Å². The molecule has 2 aromatic rings. The molecule has 0 atom stereocenters. The largest absolute Gasteiger partial charge is 0.508 e. The van der Waals surface area contributed by atoms with Gasteiger partial charge in [-0.15, -0.1) is 0 Å². The Bertz CT molecular complexity index is 596. The summed E-state index contributed by atoms with van der Waals surface area (Å²) in [5.41, 5.74) is 0.189. The zero-order valence-corrected chi connectivity index (χ0v) is 9.80. The Morgan fingerprint density at radius 1 is 1.26 bits per heavy atom. The summed E-state index contributed by atoms with van der Waals surface area (Å²) in [6, 6.07) is 6.20.